The molecule has 1 heterocycles. The molecule has 0 saturated carbocycles. The molecule has 20 heavy (non-hydrogen) atoms. The highest BCUT2D eigenvalue weighted by Crippen LogP contribution is 2.13. The number of aryl methyl sites for hydroxylation is 2. The van der Waals surface area contributed by atoms with Crippen molar-refractivity contribution in [2.45, 2.75) is 40.5 Å². The van der Waals surface area contributed by atoms with E-state index in [0.717, 1.165) is 36.7 Å². The van der Waals surface area contributed by atoms with Crippen LogP contribution in [0.4, 0.5) is 0 Å². The number of nitrogens with one attached hydrogen (secondary N) is 1. The Morgan fingerprint density at radius 2 is 1.90 bits per heavy atom. The number of rotatable bonds is 7. The van der Waals surface area contributed by atoms with Gasteiger partial charge in [-0.2, -0.15) is 0 Å². The van der Waals surface area contributed by atoms with Gasteiger partial charge in [-0.25, -0.2) is 0 Å². The Kier molecular flexibility index (Phi) is 5.32. The lowest BCUT2D eigenvalue weighted by atomic mass is 10.1. The van der Waals surface area contributed by atoms with Crippen molar-refractivity contribution < 1.29 is 9.26 Å². The lowest BCUT2D eigenvalue weighted by molar-refractivity contribution is 0.133. The molecule has 0 bridgehead atoms. The summed E-state index contributed by atoms with van der Waals surface area (Å²) in [6, 6.07) is 8.35. The van der Waals surface area contributed by atoms with E-state index < -0.39 is 0 Å². The average molecular weight is 274 g/mol. The maximum absolute atomic E-state index is 5.50. The molecular formula is C16H22N2O2. The first-order chi connectivity index (χ1) is 9.72. The second-order valence-corrected chi connectivity index (χ2v) is 4.81. The molecule has 1 aromatic carbocycles. The highest BCUT2D eigenvalue weighted by atomic mass is 16.5. The number of nitrogens with zero attached hydrogens (tertiary/aromatic N) is 1. The molecule has 0 aliphatic carbocycles. The van der Waals surface area contributed by atoms with Crippen molar-refractivity contribution in [2.75, 3.05) is 6.61 Å². The Bertz CT molecular complexity index is 530. The van der Waals surface area contributed by atoms with Gasteiger partial charge in [0.05, 0.1) is 12.3 Å². The Labute approximate surface area is 120 Å². The van der Waals surface area contributed by atoms with Gasteiger partial charge < -0.3 is 14.6 Å². The monoisotopic (exact) mass is 274 g/mol. The number of ether oxygens (including phenoxy) is 1. The van der Waals surface area contributed by atoms with E-state index in [-0.39, 0.29) is 0 Å². The third-order valence-corrected chi connectivity index (χ3v) is 3.38. The Morgan fingerprint density at radius 3 is 2.55 bits per heavy atom. The quantitative estimate of drug-likeness (QED) is 0.842. The first-order valence-electron chi connectivity index (χ1n) is 6.99. The van der Waals surface area contributed by atoms with Gasteiger partial charge in [-0.3, -0.25) is 0 Å². The molecule has 0 aliphatic rings. The Hall–Kier alpha value is -1.65. The third-order valence-electron chi connectivity index (χ3n) is 3.38. The predicted octanol–water partition coefficient (Wildman–Crippen LogP) is 3.12. The van der Waals surface area contributed by atoms with Gasteiger partial charge in [0, 0.05) is 25.3 Å². The summed E-state index contributed by atoms with van der Waals surface area (Å²) in [7, 11) is 0. The second kappa shape index (κ2) is 7.22. The van der Waals surface area contributed by atoms with Gasteiger partial charge >= 0.3 is 0 Å². The fourth-order valence-corrected chi connectivity index (χ4v) is 2.16. The predicted molar refractivity (Wildman–Crippen MR) is 78.3 cm³/mol. The zero-order valence-corrected chi connectivity index (χ0v) is 12.4. The smallest absolute Gasteiger partial charge is 0.138 e. The SMILES string of the molecule is CCOCc1ccccc1CNCc1c(C)noc1C. The fourth-order valence-electron chi connectivity index (χ4n) is 2.16. The van der Waals surface area contributed by atoms with Crippen molar-refractivity contribution in [3.05, 3.63) is 52.4 Å². The fraction of sp³-hybridized carbons (Fsp3) is 0.438. The molecule has 2 aromatic rings. The van der Waals surface area contributed by atoms with Gasteiger partial charge in [0.15, 0.2) is 0 Å². The molecule has 4 nitrogen and oxygen atoms in total. The van der Waals surface area contributed by atoms with Crippen LogP contribution in [0.25, 0.3) is 0 Å². The summed E-state index contributed by atoms with van der Waals surface area (Å²) in [5.41, 5.74) is 4.61. The molecule has 0 amide bonds. The van der Waals surface area contributed by atoms with Crippen LogP contribution in [0.15, 0.2) is 28.8 Å². The maximum atomic E-state index is 5.50. The Morgan fingerprint density at radius 1 is 1.15 bits per heavy atom. The number of aromatic nitrogens is 1. The molecule has 0 atom stereocenters. The van der Waals surface area contributed by atoms with Crippen molar-refractivity contribution in [2.24, 2.45) is 0 Å². The summed E-state index contributed by atoms with van der Waals surface area (Å²) in [5, 5.41) is 7.41. The highest BCUT2D eigenvalue weighted by Gasteiger charge is 2.08. The van der Waals surface area contributed by atoms with Crippen molar-refractivity contribution in [1.29, 1.82) is 0 Å². The van der Waals surface area contributed by atoms with Crippen LogP contribution in [0.3, 0.4) is 0 Å². The molecule has 0 unspecified atom stereocenters. The lowest BCUT2D eigenvalue weighted by Gasteiger charge is -2.10. The molecule has 2 rings (SSSR count). The number of hydrogen-bond acceptors (Lipinski definition) is 4. The van der Waals surface area contributed by atoms with Gasteiger partial charge in [-0.1, -0.05) is 29.4 Å². The van der Waals surface area contributed by atoms with Crippen LogP contribution in [0, 0.1) is 13.8 Å². The highest BCUT2D eigenvalue weighted by molar-refractivity contribution is 5.27. The summed E-state index contributed by atoms with van der Waals surface area (Å²) in [4.78, 5) is 0. The molecular weight excluding hydrogens is 252 g/mol. The topological polar surface area (TPSA) is 47.3 Å². The largest absolute Gasteiger partial charge is 0.377 e. The van der Waals surface area contributed by atoms with Crippen molar-refractivity contribution in [3.8, 4) is 0 Å². The Balaban J connectivity index is 1.94. The van der Waals surface area contributed by atoms with E-state index >= 15 is 0 Å². The van der Waals surface area contributed by atoms with Crippen LogP contribution in [-0.2, 0) is 24.4 Å². The van der Waals surface area contributed by atoms with E-state index in [1.54, 1.807) is 0 Å². The van der Waals surface area contributed by atoms with Gasteiger partial charge in [0.25, 0.3) is 0 Å². The van der Waals surface area contributed by atoms with Crippen molar-refractivity contribution in [3.63, 3.8) is 0 Å². The zero-order chi connectivity index (χ0) is 14.4. The summed E-state index contributed by atoms with van der Waals surface area (Å²) in [6.07, 6.45) is 0. The molecule has 1 N–H and O–H groups in total. The molecule has 0 spiro atoms. The number of benzene rings is 1. The molecule has 0 fully saturated rings. The molecule has 1 aromatic heterocycles. The van der Waals surface area contributed by atoms with Gasteiger partial charge in [-0.05, 0) is 31.9 Å². The van der Waals surface area contributed by atoms with Crippen LogP contribution in [-0.4, -0.2) is 11.8 Å². The third kappa shape index (κ3) is 3.68. The van der Waals surface area contributed by atoms with E-state index in [1.165, 1.54) is 11.1 Å². The van der Waals surface area contributed by atoms with E-state index in [2.05, 4.69) is 28.7 Å². The van der Waals surface area contributed by atoms with Crippen LogP contribution in [0.5, 0.6) is 0 Å². The minimum atomic E-state index is 0.666. The van der Waals surface area contributed by atoms with Crippen LogP contribution in [0.2, 0.25) is 0 Å². The van der Waals surface area contributed by atoms with Crippen LogP contribution < -0.4 is 5.32 Å². The minimum Gasteiger partial charge on any atom is -0.377 e. The lowest BCUT2D eigenvalue weighted by Crippen LogP contribution is -2.15. The second-order valence-electron chi connectivity index (χ2n) is 4.81. The zero-order valence-electron chi connectivity index (χ0n) is 12.4. The van der Waals surface area contributed by atoms with Crippen molar-refractivity contribution >= 4 is 0 Å². The number of hydrogen-bond donors (Lipinski definition) is 1. The van der Waals surface area contributed by atoms with Gasteiger partial charge in [0.2, 0.25) is 0 Å². The van der Waals surface area contributed by atoms with E-state index in [1.807, 2.05) is 26.8 Å². The summed E-state index contributed by atoms with van der Waals surface area (Å²) < 4.78 is 10.7. The standard InChI is InChI=1S/C16H22N2O2/c1-4-19-11-15-8-6-5-7-14(15)9-17-10-16-12(2)18-20-13(16)3/h5-8,17H,4,9-11H2,1-3H3. The normalized spacial score (nSPS) is 10.9. The molecule has 4 heteroatoms. The molecule has 108 valence electrons. The maximum Gasteiger partial charge on any atom is 0.138 e. The minimum absolute atomic E-state index is 0.666. The summed E-state index contributed by atoms with van der Waals surface area (Å²) in [5.74, 6) is 0.887. The first-order valence-corrected chi connectivity index (χ1v) is 6.99. The average Bonchev–Trinajstić information content (AvgIpc) is 2.78. The summed E-state index contributed by atoms with van der Waals surface area (Å²) >= 11 is 0. The van der Waals surface area contributed by atoms with Crippen LogP contribution >= 0.6 is 0 Å². The molecule has 0 saturated heterocycles. The van der Waals surface area contributed by atoms with E-state index in [4.69, 9.17) is 9.26 Å². The van der Waals surface area contributed by atoms with E-state index in [0.29, 0.717) is 6.61 Å². The van der Waals surface area contributed by atoms with Crippen molar-refractivity contribution in [1.82, 2.24) is 10.5 Å². The summed E-state index contributed by atoms with van der Waals surface area (Å²) in [6.45, 7) is 8.91. The first kappa shape index (κ1) is 14.8. The van der Waals surface area contributed by atoms with E-state index in [9.17, 15) is 0 Å². The van der Waals surface area contributed by atoms with Crippen LogP contribution in [0.1, 0.15) is 35.1 Å². The molecule has 0 aliphatic heterocycles. The van der Waals surface area contributed by atoms with Gasteiger partial charge in [-0.15, -0.1) is 0 Å². The molecule has 0 radical (unpaired) electrons. The van der Waals surface area contributed by atoms with Gasteiger partial charge in [0.1, 0.15) is 5.76 Å².